The second-order valence-electron chi connectivity index (χ2n) is 8.96. The van der Waals surface area contributed by atoms with Gasteiger partial charge in [0, 0.05) is 31.8 Å². The summed E-state index contributed by atoms with van der Waals surface area (Å²) in [6.07, 6.45) is 11.6. The fourth-order valence-corrected chi connectivity index (χ4v) is 4.21. The van der Waals surface area contributed by atoms with Crippen LogP contribution in [0.1, 0.15) is 52.0 Å². The SMILES string of the molecule is CC[N+](CC)(CC)CCCCCC1=CC(=C(C#N)C#N)C=C(/C=C/c2ccc(N(C)C)cc2)O1. The Bertz CT molecular complexity index is 985. The number of unbranched alkanes of at least 4 members (excludes halogenated alkanes) is 2. The lowest BCUT2D eigenvalue weighted by Crippen LogP contribution is -2.48. The summed E-state index contributed by atoms with van der Waals surface area (Å²) < 4.78 is 7.29. The van der Waals surface area contributed by atoms with Crippen molar-refractivity contribution in [3.05, 3.63) is 70.7 Å². The maximum absolute atomic E-state index is 9.37. The molecule has 1 aromatic carbocycles. The van der Waals surface area contributed by atoms with Gasteiger partial charge in [0.1, 0.15) is 29.2 Å². The van der Waals surface area contributed by atoms with Crippen LogP contribution in [0.25, 0.3) is 6.08 Å². The van der Waals surface area contributed by atoms with Crippen LogP contribution in [-0.2, 0) is 4.74 Å². The molecule has 0 saturated carbocycles. The Balaban J connectivity index is 2.06. The van der Waals surface area contributed by atoms with Crippen molar-refractivity contribution in [1.82, 2.24) is 0 Å². The predicted molar refractivity (Wildman–Crippen MR) is 141 cm³/mol. The highest BCUT2D eigenvalue weighted by Crippen LogP contribution is 2.26. The van der Waals surface area contributed by atoms with Gasteiger partial charge in [0.25, 0.3) is 0 Å². The molecule has 1 aromatic rings. The van der Waals surface area contributed by atoms with Crippen LogP contribution in [-0.4, -0.2) is 44.8 Å². The van der Waals surface area contributed by atoms with Gasteiger partial charge in [0.2, 0.25) is 0 Å². The summed E-state index contributed by atoms with van der Waals surface area (Å²) in [6, 6.07) is 12.3. The molecule has 0 fully saturated rings. The van der Waals surface area contributed by atoms with Gasteiger partial charge in [-0.15, -0.1) is 0 Å². The van der Waals surface area contributed by atoms with Crippen molar-refractivity contribution in [2.75, 3.05) is 45.2 Å². The van der Waals surface area contributed by atoms with Gasteiger partial charge in [-0.1, -0.05) is 18.2 Å². The summed E-state index contributed by atoms with van der Waals surface area (Å²) in [5, 5.41) is 18.7. The van der Waals surface area contributed by atoms with Gasteiger partial charge >= 0.3 is 0 Å². The minimum absolute atomic E-state index is 0.109. The lowest BCUT2D eigenvalue weighted by atomic mass is 10.0. The highest BCUT2D eigenvalue weighted by Gasteiger charge is 2.19. The number of quaternary nitrogens is 1. The Hall–Kier alpha value is -3.28. The molecule has 2 rings (SSSR count). The van der Waals surface area contributed by atoms with Gasteiger partial charge < -0.3 is 14.1 Å². The molecule has 5 heteroatoms. The molecule has 0 radical (unpaired) electrons. The quantitative estimate of drug-likeness (QED) is 0.208. The first-order chi connectivity index (χ1) is 16.4. The molecular formula is C29H39N4O+. The molecule has 0 spiro atoms. The smallest absolute Gasteiger partial charge is 0.137 e. The number of nitrogens with zero attached hydrogens (tertiary/aromatic N) is 4. The molecule has 0 amide bonds. The molecule has 0 aliphatic carbocycles. The third-order valence-corrected chi connectivity index (χ3v) is 6.79. The number of hydrogen-bond acceptors (Lipinski definition) is 4. The average molecular weight is 460 g/mol. The molecule has 180 valence electrons. The Labute approximate surface area is 206 Å². The summed E-state index contributed by atoms with van der Waals surface area (Å²) in [5.41, 5.74) is 2.92. The van der Waals surface area contributed by atoms with Crippen LogP contribution in [0.2, 0.25) is 0 Å². The fraction of sp³-hybridized carbons (Fsp3) is 0.448. The van der Waals surface area contributed by atoms with Gasteiger partial charge in [-0.3, -0.25) is 0 Å². The lowest BCUT2D eigenvalue weighted by Gasteiger charge is -2.35. The summed E-state index contributed by atoms with van der Waals surface area (Å²) in [5.74, 6) is 1.45. The zero-order valence-electron chi connectivity index (χ0n) is 21.5. The third kappa shape index (κ3) is 7.65. The van der Waals surface area contributed by atoms with E-state index in [2.05, 4.69) is 49.9 Å². The maximum Gasteiger partial charge on any atom is 0.137 e. The van der Waals surface area contributed by atoms with Crippen LogP contribution >= 0.6 is 0 Å². The predicted octanol–water partition coefficient (Wildman–Crippen LogP) is 6.34. The largest absolute Gasteiger partial charge is 0.462 e. The van der Waals surface area contributed by atoms with Crippen molar-refractivity contribution in [3.8, 4) is 12.1 Å². The molecule has 0 aromatic heterocycles. The molecule has 0 unspecified atom stereocenters. The third-order valence-electron chi connectivity index (χ3n) is 6.79. The molecule has 0 bridgehead atoms. The highest BCUT2D eigenvalue weighted by atomic mass is 16.5. The molecule has 5 nitrogen and oxygen atoms in total. The van der Waals surface area contributed by atoms with Crippen LogP contribution in [0.5, 0.6) is 0 Å². The number of nitriles is 2. The number of rotatable bonds is 12. The molecule has 0 N–H and O–H groups in total. The number of hydrogen-bond donors (Lipinski definition) is 0. The molecule has 0 saturated heterocycles. The summed E-state index contributed by atoms with van der Waals surface area (Å²) >= 11 is 0. The summed E-state index contributed by atoms with van der Waals surface area (Å²) in [7, 11) is 4.03. The monoisotopic (exact) mass is 459 g/mol. The highest BCUT2D eigenvalue weighted by molar-refractivity contribution is 5.59. The molecule has 34 heavy (non-hydrogen) atoms. The van der Waals surface area contributed by atoms with E-state index in [-0.39, 0.29) is 5.57 Å². The second kappa shape index (κ2) is 13.4. The fourth-order valence-electron chi connectivity index (χ4n) is 4.21. The number of allylic oxidation sites excluding steroid dienone is 6. The van der Waals surface area contributed by atoms with Crippen LogP contribution in [0, 0.1) is 22.7 Å². The van der Waals surface area contributed by atoms with E-state index >= 15 is 0 Å². The minimum atomic E-state index is 0.109. The number of ether oxygens (including phenoxy) is 1. The van der Waals surface area contributed by atoms with E-state index < -0.39 is 0 Å². The van der Waals surface area contributed by atoms with Crippen molar-refractivity contribution in [2.45, 2.75) is 46.5 Å². The molecule has 1 aliphatic rings. The van der Waals surface area contributed by atoms with Gasteiger partial charge in [-0.25, -0.2) is 0 Å². The lowest BCUT2D eigenvalue weighted by molar-refractivity contribution is -0.923. The van der Waals surface area contributed by atoms with E-state index in [0.717, 1.165) is 36.3 Å². The Kier molecular flexibility index (Phi) is 10.7. The zero-order valence-corrected chi connectivity index (χ0v) is 21.5. The topological polar surface area (TPSA) is 60.0 Å². The summed E-state index contributed by atoms with van der Waals surface area (Å²) in [6.45, 7) is 11.6. The van der Waals surface area contributed by atoms with E-state index in [4.69, 9.17) is 4.74 Å². The average Bonchev–Trinajstić information content (AvgIpc) is 2.86. The van der Waals surface area contributed by atoms with E-state index in [0.29, 0.717) is 11.3 Å². The Morgan fingerprint density at radius 1 is 0.912 bits per heavy atom. The first-order valence-electron chi connectivity index (χ1n) is 12.4. The van der Waals surface area contributed by atoms with Gasteiger partial charge in [-0.2, -0.15) is 10.5 Å². The van der Waals surface area contributed by atoms with Crippen LogP contribution in [0.15, 0.2) is 65.2 Å². The van der Waals surface area contributed by atoms with Crippen LogP contribution in [0.3, 0.4) is 0 Å². The molecular weight excluding hydrogens is 420 g/mol. The van der Waals surface area contributed by atoms with Crippen molar-refractivity contribution in [2.24, 2.45) is 0 Å². The molecule has 1 aliphatic heterocycles. The molecule has 0 atom stereocenters. The minimum Gasteiger partial charge on any atom is -0.462 e. The first kappa shape index (κ1) is 27.0. The number of benzene rings is 1. The van der Waals surface area contributed by atoms with E-state index in [1.54, 1.807) is 6.08 Å². The Morgan fingerprint density at radius 2 is 1.56 bits per heavy atom. The van der Waals surface area contributed by atoms with Crippen molar-refractivity contribution >= 4 is 11.8 Å². The standard InChI is InChI=1S/C29H39N4O/c1-6-33(7-2,8-3)19-11-9-10-12-28-20-25(26(22-30)23-31)21-29(34-28)18-15-24-13-16-27(17-14-24)32(4)5/h13-18,20-21H,6-12,19H2,1-5H3/q+1/b18-15+. The summed E-state index contributed by atoms with van der Waals surface area (Å²) in [4.78, 5) is 2.06. The van der Waals surface area contributed by atoms with Crippen LogP contribution in [0.4, 0.5) is 5.69 Å². The number of anilines is 1. The second-order valence-corrected chi connectivity index (χ2v) is 8.96. The van der Waals surface area contributed by atoms with Crippen molar-refractivity contribution < 1.29 is 9.22 Å². The normalized spacial score (nSPS) is 13.6. The van der Waals surface area contributed by atoms with Gasteiger partial charge in [-0.05, 0) is 76.0 Å². The first-order valence-corrected chi connectivity index (χ1v) is 12.4. The van der Waals surface area contributed by atoms with E-state index in [1.165, 1.54) is 37.1 Å². The zero-order chi connectivity index (χ0) is 25.0. The van der Waals surface area contributed by atoms with Gasteiger partial charge in [0.15, 0.2) is 0 Å². The Morgan fingerprint density at radius 3 is 2.12 bits per heavy atom. The van der Waals surface area contributed by atoms with Crippen molar-refractivity contribution in [1.29, 1.82) is 10.5 Å². The maximum atomic E-state index is 9.37. The molecule has 1 heterocycles. The van der Waals surface area contributed by atoms with Crippen molar-refractivity contribution in [3.63, 3.8) is 0 Å². The van der Waals surface area contributed by atoms with Gasteiger partial charge in [0.05, 0.1) is 26.2 Å². The van der Waals surface area contributed by atoms with E-state index in [9.17, 15) is 10.5 Å². The van der Waals surface area contributed by atoms with Crippen LogP contribution < -0.4 is 4.90 Å². The van der Waals surface area contributed by atoms with E-state index in [1.807, 2.05) is 44.5 Å².